The molecule has 0 aliphatic carbocycles. The summed E-state index contributed by atoms with van der Waals surface area (Å²) in [6.07, 6.45) is 1.97. The maximum atomic E-state index is 3.66. The van der Waals surface area contributed by atoms with Gasteiger partial charge < -0.3 is 0 Å². The maximum absolute atomic E-state index is 3.66. The fraction of sp³-hybridized carbons (Fsp3) is 0.200. The predicted octanol–water partition coefficient (Wildman–Crippen LogP) is 1.24. The number of hydrogen-bond acceptors (Lipinski definition) is 0. The number of hydrogen-bond donors (Lipinski definition) is 0. The summed E-state index contributed by atoms with van der Waals surface area (Å²) in [7, 11) is 0. The van der Waals surface area contributed by atoms with Gasteiger partial charge in [0.15, 0.2) is 0 Å². The quantitative estimate of drug-likeness (QED) is 0.324. The van der Waals surface area contributed by atoms with Crippen LogP contribution in [0, 0.1) is 0 Å². The number of rotatable bonds is 1. The molecule has 1 heteroatoms. The zero-order chi connectivity index (χ0) is 4.99. The minimum atomic E-state index is 1.11. The summed E-state index contributed by atoms with van der Waals surface area (Å²) in [5, 5.41) is 0. The van der Waals surface area contributed by atoms with Crippen molar-refractivity contribution in [3.63, 3.8) is 0 Å². The van der Waals surface area contributed by atoms with E-state index in [1.54, 1.807) is 0 Å². The molecule has 0 rings (SSSR count). The van der Waals surface area contributed by atoms with Gasteiger partial charge in [-0.15, -0.1) is 0 Å². The molecule has 0 saturated heterocycles. The van der Waals surface area contributed by atoms with Crippen LogP contribution in [0.2, 0.25) is 0 Å². The van der Waals surface area contributed by atoms with E-state index >= 15 is 0 Å². The first kappa shape index (κ1) is 6.08. The molecular weight excluding hydrogens is 67.0 g/mol. The molecule has 0 radical (unpaired) electrons. The van der Waals surface area contributed by atoms with Gasteiger partial charge in [-0.2, -0.15) is 0 Å². The van der Waals surface area contributed by atoms with E-state index in [1.165, 1.54) is 0 Å². The van der Waals surface area contributed by atoms with E-state index in [9.17, 15) is 0 Å². The van der Waals surface area contributed by atoms with Gasteiger partial charge in [-0.1, -0.05) is 0 Å². The van der Waals surface area contributed by atoms with Crippen LogP contribution in [0.3, 0.4) is 0 Å². The zero-order valence-corrected chi connectivity index (χ0v) is 4.36. The average molecular weight is 74.1 g/mol. The molecule has 0 unspecified atom stereocenters. The summed E-state index contributed by atoms with van der Waals surface area (Å²) in [5.41, 5.74) is 1.11. The van der Waals surface area contributed by atoms with Crippen molar-refractivity contribution >= 4 is 17.7 Å². The van der Waals surface area contributed by atoms with Crippen molar-refractivity contribution in [1.82, 2.24) is 0 Å². The van der Waals surface area contributed by atoms with E-state index in [-0.39, 0.29) is 0 Å². The van der Waals surface area contributed by atoms with Gasteiger partial charge in [0.1, 0.15) is 0 Å². The van der Waals surface area contributed by atoms with Gasteiger partial charge in [0, 0.05) is 0 Å². The molecule has 0 aliphatic rings. The van der Waals surface area contributed by atoms with E-state index < -0.39 is 0 Å². The SMILES string of the molecule is [Li][CH]=CC(=C)C. The van der Waals surface area contributed by atoms with Gasteiger partial charge in [0.25, 0.3) is 0 Å². The molecular formula is C5H7Li. The Balaban J connectivity index is 3.30. The first-order valence-corrected chi connectivity index (χ1v) is 2.05. The van der Waals surface area contributed by atoms with Crippen molar-refractivity contribution in [3.8, 4) is 0 Å². The molecule has 0 aromatic rings. The molecule has 0 heterocycles. The summed E-state index contributed by atoms with van der Waals surface area (Å²) in [4.78, 5) is 0. The summed E-state index contributed by atoms with van der Waals surface area (Å²) in [6, 6.07) is 0. The van der Waals surface area contributed by atoms with Crippen molar-refractivity contribution in [2.45, 2.75) is 6.92 Å². The van der Waals surface area contributed by atoms with Crippen LogP contribution in [0.5, 0.6) is 0 Å². The van der Waals surface area contributed by atoms with Crippen molar-refractivity contribution in [3.05, 3.63) is 23.0 Å². The first-order valence-electron chi connectivity index (χ1n) is 2.05. The van der Waals surface area contributed by atoms with Crippen molar-refractivity contribution < 1.29 is 0 Å². The van der Waals surface area contributed by atoms with Crippen LogP contribution in [0.15, 0.2) is 23.0 Å². The Morgan fingerprint density at radius 3 is 2.33 bits per heavy atom. The topological polar surface area (TPSA) is 0 Å². The molecule has 0 bridgehead atoms. The van der Waals surface area contributed by atoms with Gasteiger partial charge in [-0.05, 0) is 0 Å². The average Bonchev–Trinajstić information content (AvgIpc) is 1.35. The second-order valence-electron chi connectivity index (χ2n) is 1.35. The molecule has 0 N–H and O–H groups in total. The molecule has 0 saturated carbocycles. The standard InChI is InChI=1S/C5H7.Li/c1-4-5(2)3;/h1,4H,2H2,3H3;. The molecule has 0 nitrogen and oxygen atoms in total. The van der Waals surface area contributed by atoms with E-state index in [4.69, 9.17) is 0 Å². The van der Waals surface area contributed by atoms with Crippen LogP contribution in [0.4, 0.5) is 0 Å². The van der Waals surface area contributed by atoms with Crippen LogP contribution in [0.25, 0.3) is 0 Å². The summed E-state index contributed by atoms with van der Waals surface area (Å²) in [5.74, 6) is 0. The summed E-state index contributed by atoms with van der Waals surface area (Å²) < 4.78 is 1.97. The summed E-state index contributed by atoms with van der Waals surface area (Å²) >= 11 is 1.98. The molecule has 0 amide bonds. The molecule has 28 valence electrons. The summed E-state index contributed by atoms with van der Waals surface area (Å²) in [6.45, 7) is 5.63. The van der Waals surface area contributed by atoms with Gasteiger partial charge in [0.2, 0.25) is 0 Å². The fourth-order valence-corrected chi connectivity index (χ4v) is 0.285. The number of allylic oxidation sites excluding steroid dienone is 2. The van der Waals surface area contributed by atoms with Crippen LogP contribution < -0.4 is 0 Å². The molecule has 6 heavy (non-hydrogen) atoms. The van der Waals surface area contributed by atoms with Gasteiger partial charge in [-0.25, -0.2) is 0 Å². The normalized spacial score (nSPS) is 9.83. The minimum absolute atomic E-state index is 1.11. The van der Waals surface area contributed by atoms with E-state index in [0.717, 1.165) is 5.57 Å². The second-order valence-corrected chi connectivity index (χ2v) is 1.35. The van der Waals surface area contributed by atoms with E-state index in [1.807, 2.05) is 35.5 Å². The molecule has 0 spiro atoms. The Morgan fingerprint density at radius 1 is 1.83 bits per heavy atom. The molecule has 0 atom stereocenters. The van der Waals surface area contributed by atoms with Crippen LogP contribution in [0.1, 0.15) is 6.92 Å². The molecule has 0 aromatic carbocycles. The van der Waals surface area contributed by atoms with Crippen LogP contribution in [-0.2, 0) is 0 Å². The monoisotopic (exact) mass is 74.1 g/mol. The Labute approximate surface area is 48.1 Å². The first-order chi connectivity index (χ1) is 2.77. The molecule has 0 aromatic heterocycles. The van der Waals surface area contributed by atoms with Gasteiger partial charge >= 0.3 is 47.6 Å². The Morgan fingerprint density at radius 2 is 2.33 bits per heavy atom. The van der Waals surface area contributed by atoms with Gasteiger partial charge in [0.05, 0.1) is 0 Å². The Kier molecular flexibility index (Phi) is 3.32. The molecule has 0 aliphatic heterocycles. The van der Waals surface area contributed by atoms with Gasteiger partial charge in [-0.3, -0.25) is 0 Å². The van der Waals surface area contributed by atoms with Crippen LogP contribution >= 0.6 is 0 Å². The fourth-order valence-electron chi connectivity index (χ4n) is 0.285. The van der Waals surface area contributed by atoms with Crippen LogP contribution in [-0.4, -0.2) is 17.7 Å². The van der Waals surface area contributed by atoms with Crippen molar-refractivity contribution in [2.24, 2.45) is 0 Å². The Bertz CT molecular complexity index is 72.0. The van der Waals surface area contributed by atoms with Crippen molar-refractivity contribution in [2.75, 3.05) is 0 Å². The molecule has 0 fully saturated rings. The van der Waals surface area contributed by atoms with E-state index in [2.05, 4.69) is 6.58 Å². The van der Waals surface area contributed by atoms with Crippen molar-refractivity contribution in [1.29, 1.82) is 0 Å². The third-order valence-corrected chi connectivity index (χ3v) is 0.451. The predicted molar refractivity (Wildman–Crippen MR) is 29.7 cm³/mol. The third-order valence-electron chi connectivity index (χ3n) is 0.451. The van der Waals surface area contributed by atoms with E-state index in [0.29, 0.717) is 0 Å². The Hall–Kier alpha value is 0.0774. The zero-order valence-electron chi connectivity index (χ0n) is 4.36. The second kappa shape index (κ2) is 3.27. The third kappa shape index (κ3) is 4.08.